The molecule has 1 aromatic heterocycles. The van der Waals surface area contributed by atoms with Gasteiger partial charge in [0.15, 0.2) is 0 Å². The van der Waals surface area contributed by atoms with E-state index < -0.39 is 12.4 Å². The number of thiophene rings is 1. The predicted molar refractivity (Wildman–Crippen MR) is 41.0 cm³/mol. The van der Waals surface area contributed by atoms with Gasteiger partial charge in [-0.15, -0.1) is 11.3 Å². The molecular weight excluding hydrogens is 186 g/mol. The van der Waals surface area contributed by atoms with Gasteiger partial charge in [0.25, 0.3) is 6.43 Å². The van der Waals surface area contributed by atoms with E-state index in [1.165, 1.54) is 6.92 Å². The van der Waals surface area contributed by atoms with Crippen LogP contribution in [-0.4, -0.2) is 11.1 Å². The lowest BCUT2D eigenvalue weighted by atomic mass is 10.2. The lowest BCUT2D eigenvalue weighted by Gasteiger charge is -1.88. The van der Waals surface area contributed by atoms with Crippen molar-refractivity contribution in [2.45, 2.75) is 13.3 Å². The minimum atomic E-state index is -2.58. The molecule has 1 heterocycles. The average Bonchev–Trinajstić information content (AvgIpc) is 2.30. The zero-order valence-electron chi connectivity index (χ0n) is 6.17. The molecule has 1 aromatic rings. The van der Waals surface area contributed by atoms with Crippen molar-refractivity contribution in [1.29, 1.82) is 0 Å². The molecular formula is C7H6F2O2S. The van der Waals surface area contributed by atoms with Gasteiger partial charge < -0.3 is 5.11 Å². The number of aryl methyl sites for hydroxylation is 1. The maximum absolute atomic E-state index is 12.0. The fourth-order valence-electron chi connectivity index (χ4n) is 0.825. The molecule has 0 spiro atoms. The van der Waals surface area contributed by atoms with E-state index in [0.717, 1.165) is 17.4 Å². The van der Waals surface area contributed by atoms with Crippen LogP contribution in [0, 0.1) is 6.92 Å². The van der Waals surface area contributed by atoms with Crippen LogP contribution in [-0.2, 0) is 0 Å². The quantitative estimate of drug-likeness (QED) is 0.782. The molecule has 0 fully saturated rings. The Hall–Kier alpha value is -0.970. The third kappa shape index (κ3) is 1.61. The second-order valence-electron chi connectivity index (χ2n) is 2.22. The normalized spacial score (nSPS) is 10.7. The van der Waals surface area contributed by atoms with Crippen molar-refractivity contribution < 1.29 is 18.7 Å². The lowest BCUT2D eigenvalue weighted by Crippen LogP contribution is -1.94. The number of hydrogen-bond donors (Lipinski definition) is 1. The maximum atomic E-state index is 12.0. The van der Waals surface area contributed by atoms with Crippen LogP contribution in [0.4, 0.5) is 8.78 Å². The zero-order chi connectivity index (χ0) is 9.30. The third-order valence-corrected chi connectivity index (χ3v) is 2.44. The largest absolute Gasteiger partial charge is 0.478 e. The Bertz CT molecular complexity index is 306. The molecule has 0 aliphatic heterocycles. The van der Waals surface area contributed by atoms with Gasteiger partial charge in [-0.1, -0.05) is 0 Å². The highest BCUT2D eigenvalue weighted by atomic mass is 32.1. The van der Waals surface area contributed by atoms with Crippen LogP contribution in [0.5, 0.6) is 0 Å². The first-order chi connectivity index (χ1) is 5.52. The fraction of sp³-hybridized carbons (Fsp3) is 0.286. The molecule has 0 saturated heterocycles. The lowest BCUT2D eigenvalue weighted by molar-refractivity contribution is 0.0696. The summed E-state index contributed by atoms with van der Waals surface area (Å²) < 4.78 is 24.1. The van der Waals surface area contributed by atoms with Gasteiger partial charge >= 0.3 is 5.97 Å². The summed E-state index contributed by atoms with van der Waals surface area (Å²) in [6.45, 7) is 1.51. The van der Waals surface area contributed by atoms with Crippen LogP contribution in [0.25, 0.3) is 0 Å². The Morgan fingerprint density at radius 3 is 2.50 bits per heavy atom. The molecule has 0 unspecified atom stereocenters. The van der Waals surface area contributed by atoms with E-state index >= 15 is 0 Å². The first-order valence-electron chi connectivity index (χ1n) is 3.14. The average molecular weight is 192 g/mol. The van der Waals surface area contributed by atoms with E-state index in [9.17, 15) is 13.6 Å². The molecule has 12 heavy (non-hydrogen) atoms. The van der Waals surface area contributed by atoms with Gasteiger partial charge in [-0.2, -0.15) is 0 Å². The van der Waals surface area contributed by atoms with Crippen molar-refractivity contribution in [3.8, 4) is 0 Å². The predicted octanol–water partition coefficient (Wildman–Crippen LogP) is 2.69. The molecule has 0 aromatic carbocycles. The molecule has 0 atom stereocenters. The maximum Gasteiger partial charge on any atom is 0.336 e. The summed E-state index contributed by atoms with van der Waals surface area (Å²) in [5.41, 5.74) is -0.0321. The van der Waals surface area contributed by atoms with Crippen LogP contribution in [0.15, 0.2) is 6.07 Å². The highest BCUT2D eigenvalue weighted by Gasteiger charge is 2.16. The Labute approximate surface area is 71.5 Å². The fourth-order valence-corrected chi connectivity index (χ4v) is 1.70. The first-order valence-corrected chi connectivity index (χ1v) is 3.95. The van der Waals surface area contributed by atoms with Gasteiger partial charge in [0.1, 0.15) is 0 Å². The van der Waals surface area contributed by atoms with E-state index in [0.29, 0.717) is 4.88 Å². The standard InChI is InChI=1S/C7H6F2O2S/c1-3-4(7(10)11)2-5(12-3)6(8)9/h2,6H,1H3,(H,10,11). The number of carboxylic acids is 1. The second kappa shape index (κ2) is 3.18. The second-order valence-corrected chi connectivity index (χ2v) is 3.51. The molecule has 66 valence electrons. The number of aromatic carboxylic acids is 1. The number of alkyl halides is 2. The summed E-state index contributed by atoms with van der Waals surface area (Å²) in [6.07, 6.45) is -2.58. The van der Waals surface area contributed by atoms with Gasteiger partial charge in [0, 0.05) is 4.88 Å². The molecule has 5 heteroatoms. The Kier molecular flexibility index (Phi) is 2.42. The summed E-state index contributed by atoms with van der Waals surface area (Å²) in [4.78, 5) is 10.6. The molecule has 2 nitrogen and oxygen atoms in total. The van der Waals surface area contributed by atoms with Crippen molar-refractivity contribution >= 4 is 17.3 Å². The van der Waals surface area contributed by atoms with E-state index in [2.05, 4.69) is 0 Å². The molecule has 0 amide bonds. The molecule has 1 rings (SSSR count). The molecule has 0 saturated carbocycles. The number of carboxylic acid groups (broad SMARTS) is 1. The summed E-state index contributed by atoms with van der Waals surface area (Å²) in [5, 5.41) is 8.52. The van der Waals surface area contributed by atoms with Gasteiger partial charge in [-0.25, -0.2) is 13.6 Å². The van der Waals surface area contributed by atoms with Crippen molar-refractivity contribution in [2.75, 3.05) is 0 Å². The van der Waals surface area contributed by atoms with Crippen LogP contribution >= 0.6 is 11.3 Å². The zero-order valence-corrected chi connectivity index (χ0v) is 6.99. The van der Waals surface area contributed by atoms with E-state index in [4.69, 9.17) is 5.11 Å². The molecule has 1 N–H and O–H groups in total. The third-order valence-electron chi connectivity index (χ3n) is 1.38. The van der Waals surface area contributed by atoms with Crippen LogP contribution < -0.4 is 0 Å². The highest BCUT2D eigenvalue weighted by Crippen LogP contribution is 2.29. The minimum Gasteiger partial charge on any atom is -0.478 e. The summed E-state index contributed by atoms with van der Waals surface area (Å²) in [5.74, 6) is -1.16. The SMILES string of the molecule is Cc1sc(C(F)F)cc1C(=O)O. The molecule has 0 aliphatic rings. The van der Waals surface area contributed by atoms with Crippen LogP contribution in [0.3, 0.4) is 0 Å². The summed E-state index contributed by atoms with van der Waals surface area (Å²) in [7, 11) is 0. The summed E-state index contributed by atoms with van der Waals surface area (Å²) in [6, 6.07) is 1.02. The Morgan fingerprint density at radius 2 is 2.25 bits per heavy atom. The van der Waals surface area contributed by atoms with Crippen molar-refractivity contribution in [3.05, 3.63) is 21.4 Å². The molecule has 0 aliphatic carbocycles. The van der Waals surface area contributed by atoms with Gasteiger partial charge in [0.2, 0.25) is 0 Å². The van der Waals surface area contributed by atoms with Gasteiger partial charge in [0.05, 0.1) is 10.4 Å². The van der Waals surface area contributed by atoms with Crippen LogP contribution in [0.1, 0.15) is 26.5 Å². The summed E-state index contributed by atoms with van der Waals surface area (Å²) >= 11 is 0.820. The Balaban J connectivity index is 3.09. The van der Waals surface area contributed by atoms with E-state index in [1.807, 2.05) is 0 Å². The molecule has 0 bridgehead atoms. The number of hydrogen-bond acceptors (Lipinski definition) is 2. The van der Waals surface area contributed by atoms with Crippen molar-refractivity contribution in [1.82, 2.24) is 0 Å². The van der Waals surface area contributed by atoms with Crippen molar-refractivity contribution in [3.63, 3.8) is 0 Å². The van der Waals surface area contributed by atoms with Gasteiger partial charge in [-0.05, 0) is 13.0 Å². The van der Waals surface area contributed by atoms with E-state index in [1.54, 1.807) is 0 Å². The molecule has 0 radical (unpaired) electrons. The topological polar surface area (TPSA) is 37.3 Å². The van der Waals surface area contributed by atoms with E-state index in [-0.39, 0.29) is 10.4 Å². The first kappa shape index (κ1) is 9.12. The monoisotopic (exact) mass is 192 g/mol. The smallest absolute Gasteiger partial charge is 0.336 e. The minimum absolute atomic E-state index is 0.0321. The Morgan fingerprint density at radius 1 is 1.67 bits per heavy atom. The van der Waals surface area contributed by atoms with Crippen LogP contribution in [0.2, 0.25) is 0 Å². The van der Waals surface area contributed by atoms with Crippen molar-refractivity contribution in [2.24, 2.45) is 0 Å². The highest BCUT2D eigenvalue weighted by molar-refractivity contribution is 7.12. The van der Waals surface area contributed by atoms with Gasteiger partial charge in [-0.3, -0.25) is 0 Å². The number of carbonyl (C=O) groups is 1. The number of rotatable bonds is 2. The number of halogens is 2.